The van der Waals surface area contributed by atoms with Crippen molar-refractivity contribution in [2.24, 2.45) is 11.7 Å². The number of rotatable bonds is 6. The number of nitrogens with one attached hydrogen (secondary N) is 1. The van der Waals surface area contributed by atoms with Crippen molar-refractivity contribution >= 4 is 15.9 Å². The number of benzene rings is 1. The molecule has 0 saturated heterocycles. The normalized spacial score (nSPS) is 13.5. The zero-order valence-corrected chi connectivity index (χ0v) is 11.4. The van der Waals surface area contributed by atoms with E-state index in [2.05, 4.69) is 0 Å². The molecule has 1 rings (SSSR count). The van der Waals surface area contributed by atoms with Crippen molar-refractivity contribution in [3.8, 4) is 0 Å². The van der Waals surface area contributed by atoms with Crippen LogP contribution in [0.2, 0.25) is 0 Å². The molecule has 0 bridgehead atoms. The van der Waals surface area contributed by atoms with Gasteiger partial charge in [0, 0.05) is 19.5 Å². The van der Waals surface area contributed by atoms with E-state index in [0.29, 0.717) is 0 Å². The van der Waals surface area contributed by atoms with E-state index in [4.69, 9.17) is 11.1 Å². The molecule has 5 nitrogen and oxygen atoms in total. The molecule has 18 heavy (non-hydrogen) atoms. The molecule has 1 aromatic rings. The summed E-state index contributed by atoms with van der Waals surface area (Å²) in [6.07, 6.45) is 0. The Bertz CT molecular complexity index is 499. The van der Waals surface area contributed by atoms with Crippen molar-refractivity contribution in [1.29, 1.82) is 5.41 Å². The average Bonchev–Trinajstić information content (AvgIpc) is 2.29. The molecule has 0 heterocycles. The first-order valence-electron chi connectivity index (χ1n) is 5.65. The van der Waals surface area contributed by atoms with Crippen molar-refractivity contribution in [3.63, 3.8) is 0 Å². The van der Waals surface area contributed by atoms with E-state index in [0.717, 1.165) is 5.56 Å². The highest BCUT2D eigenvalue weighted by Gasteiger charge is 2.21. The smallest absolute Gasteiger partial charge is 0.218 e. The molecule has 100 valence electrons. The van der Waals surface area contributed by atoms with Gasteiger partial charge in [0.15, 0.2) is 0 Å². The molecule has 3 N–H and O–H groups in total. The van der Waals surface area contributed by atoms with Crippen LogP contribution in [0.5, 0.6) is 0 Å². The summed E-state index contributed by atoms with van der Waals surface area (Å²) < 4.78 is 25.4. The van der Waals surface area contributed by atoms with Gasteiger partial charge in [-0.1, -0.05) is 37.3 Å². The zero-order chi connectivity index (χ0) is 13.8. The third-order valence-electron chi connectivity index (χ3n) is 2.73. The summed E-state index contributed by atoms with van der Waals surface area (Å²) in [6.45, 7) is 1.96. The molecule has 0 aliphatic heterocycles. The number of hydrogen-bond donors (Lipinski definition) is 2. The molecule has 0 aliphatic carbocycles. The van der Waals surface area contributed by atoms with Crippen molar-refractivity contribution in [2.45, 2.75) is 12.7 Å². The minimum absolute atomic E-state index is 0.00300. The highest BCUT2D eigenvalue weighted by atomic mass is 32.2. The molecule has 6 heteroatoms. The lowest BCUT2D eigenvalue weighted by Crippen LogP contribution is -2.36. The molecule has 1 atom stereocenters. The fourth-order valence-electron chi connectivity index (χ4n) is 1.49. The van der Waals surface area contributed by atoms with Crippen LogP contribution in [0.15, 0.2) is 30.3 Å². The van der Waals surface area contributed by atoms with Crippen LogP contribution in [0.3, 0.4) is 0 Å². The summed E-state index contributed by atoms with van der Waals surface area (Å²) in [6, 6.07) is 9.02. The molecule has 1 unspecified atom stereocenters. The SMILES string of the molecule is CC(CN(C)S(=O)(=O)Cc1ccccc1)C(=N)N. The fraction of sp³-hybridized carbons (Fsp3) is 0.417. The lowest BCUT2D eigenvalue weighted by molar-refractivity contribution is 0.442. The Hall–Kier alpha value is -1.40. The van der Waals surface area contributed by atoms with Gasteiger partial charge in [-0.05, 0) is 5.56 Å². The fourth-order valence-corrected chi connectivity index (χ4v) is 2.78. The first-order valence-corrected chi connectivity index (χ1v) is 7.25. The molecular formula is C12H19N3O2S. The van der Waals surface area contributed by atoms with Crippen LogP contribution < -0.4 is 5.73 Å². The minimum atomic E-state index is -3.36. The summed E-state index contributed by atoms with van der Waals surface area (Å²) in [5.74, 6) is -0.313. The maximum Gasteiger partial charge on any atom is 0.218 e. The van der Waals surface area contributed by atoms with Crippen molar-refractivity contribution in [1.82, 2.24) is 4.31 Å². The predicted molar refractivity (Wildman–Crippen MR) is 72.8 cm³/mol. The van der Waals surface area contributed by atoms with Crippen molar-refractivity contribution < 1.29 is 8.42 Å². The van der Waals surface area contributed by atoms with Crippen LogP contribution in [0.4, 0.5) is 0 Å². The van der Waals surface area contributed by atoms with Gasteiger partial charge in [-0.2, -0.15) is 0 Å². The van der Waals surface area contributed by atoms with E-state index < -0.39 is 10.0 Å². The van der Waals surface area contributed by atoms with E-state index in [-0.39, 0.29) is 24.1 Å². The zero-order valence-electron chi connectivity index (χ0n) is 10.6. The molecule has 0 spiro atoms. The Balaban J connectivity index is 2.72. The molecular weight excluding hydrogens is 250 g/mol. The molecule has 0 aliphatic rings. The topological polar surface area (TPSA) is 87.2 Å². The van der Waals surface area contributed by atoms with E-state index >= 15 is 0 Å². The first kappa shape index (κ1) is 14.7. The van der Waals surface area contributed by atoms with Crippen LogP contribution >= 0.6 is 0 Å². The van der Waals surface area contributed by atoms with Gasteiger partial charge in [-0.15, -0.1) is 0 Å². The van der Waals surface area contributed by atoms with E-state index in [9.17, 15) is 8.42 Å². The number of nitrogens with two attached hydrogens (primary N) is 1. The monoisotopic (exact) mass is 269 g/mol. The van der Waals surface area contributed by atoms with Gasteiger partial charge in [0.2, 0.25) is 10.0 Å². The summed E-state index contributed by atoms with van der Waals surface area (Å²) in [7, 11) is -1.85. The van der Waals surface area contributed by atoms with E-state index in [1.165, 1.54) is 11.4 Å². The summed E-state index contributed by atoms with van der Waals surface area (Å²) in [5.41, 5.74) is 6.09. The molecule has 1 aromatic carbocycles. The van der Waals surface area contributed by atoms with Crippen LogP contribution in [-0.4, -0.2) is 32.2 Å². The van der Waals surface area contributed by atoms with Crippen LogP contribution in [0, 0.1) is 11.3 Å². The maximum absolute atomic E-state index is 12.1. The molecule has 0 fully saturated rings. The third kappa shape index (κ3) is 4.12. The number of amidine groups is 1. The molecule has 0 radical (unpaired) electrons. The number of sulfonamides is 1. The standard InChI is InChI=1S/C12H19N3O2S/c1-10(12(13)14)8-15(2)18(16,17)9-11-6-4-3-5-7-11/h3-7,10H,8-9H2,1-2H3,(H3,13,14). The van der Waals surface area contributed by atoms with Crippen LogP contribution in [-0.2, 0) is 15.8 Å². The second kappa shape index (κ2) is 5.97. The lowest BCUT2D eigenvalue weighted by Gasteiger charge is -2.20. The summed E-state index contributed by atoms with van der Waals surface area (Å²) in [5, 5.41) is 7.28. The van der Waals surface area contributed by atoms with Gasteiger partial charge in [-0.25, -0.2) is 12.7 Å². The van der Waals surface area contributed by atoms with E-state index in [1.54, 1.807) is 19.1 Å². The quantitative estimate of drug-likeness (QED) is 0.597. The molecule has 0 aromatic heterocycles. The highest BCUT2D eigenvalue weighted by molar-refractivity contribution is 7.88. The Morgan fingerprint density at radius 1 is 1.39 bits per heavy atom. The Morgan fingerprint density at radius 3 is 2.44 bits per heavy atom. The average molecular weight is 269 g/mol. The first-order chi connectivity index (χ1) is 8.33. The van der Waals surface area contributed by atoms with Gasteiger partial charge in [-0.3, -0.25) is 5.41 Å². The van der Waals surface area contributed by atoms with E-state index in [1.807, 2.05) is 18.2 Å². The Labute approximate surface area is 108 Å². The number of nitrogens with zero attached hydrogens (tertiary/aromatic N) is 1. The van der Waals surface area contributed by atoms with Gasteiger partial charge in [0.25, 0.3) is 0 Å². The highest BCUT2D eigenvalue weighted by Crippen LogP contribution is 2.10. The second-order valence-corrected chi connectivity index (χ2v) is 6.45. The molecule has 0 amide bonds. The van der Waals surface area contributed by atoms with Gasteiger partial charge >= 0.3 is 0 Å². The van der Waals surface area contributed by atoms with Crippen molar-refractivity contribution in [3.05, 3.63) is 35.9 Å². The largest absolute Gasteiger partial charge is 0.387 e. The third-order valence-corrected chi connectivity index (χ3v) is 4.53. The lowest BCUT2D eigenvalue weighted by atomic mass is 10.2. The van der Waals surface area contributed by atoms with Crippen LogP contribution in [0.25, 0.3) is 0 Å². The minimum Gasteiger partial charge on any atom is -0.387 e. The van der Waals surface area contributed by atoms with Crippen LogP contribution in [0.1, 0.15) is 12.5 Å². The van der Waals surface area contributed by atoms with Gasteiger partial charge in [0.05, 0.1) is 11.6 Å². The summed E-state index contributed by atoms with van der Waals surface area (Å²) in [4.78, 5) is 0. The Morgan fingerprint density at radius 2 is 1.94 bits per heavy atom. The van der Waals surface area contributed by atoms with Crippen molar-refractivity contribution in [2.75, 3.05) is 13.6 Å². The maximum atomic E-state index is 12.1. The Kier molecular flexibility index (Phi) is 4.86. The predicted octanol–water partition coefficient (Wildman–Crippen LogP) is 1.02. The summed E-state index contributed by atoms with van der Waals surface area (Å²) >= 11 is 0. The van der Waals surface area contributed by atoms with Gasteiger partial charge < -0.3 is 5.73 Å². The second-order valence-electron chi connectivity index (χ2n) is 4.38. The van der Waals surface area contributed by atoms with Gasteiger partial charge in [0.1, 0.15) is 0 Å². The number of hydrogen-bond acceptors (Lipinski definition) is 3. The molecule has 0 saturated carbocycles.